The van der Waals surface area contributed by atoms with Crippen molar-refractivity contribution in [2.75, 3.05) is 21.3 Å². The van der Waals surface area contributed by atoms with Crippen LogP contribution in [0.15, 0.2) is 17.1 Å². The molecule has 24 heavy (non-hydrogen) atoms. The van der Waals surface area contributed by atoms with Crippen LogP contribution in [-0.2, 0) is 6.54 Å². The first-order valence-corrected chi connectivity index (χ1v) is 8.46. The van der Waals surface area contributed by atoms with Crippen LogP contribution in [0, 0.1) is 0 Å². The highest BCUT2D eigenvalue weighted by Gasteiger charge is 2.12. The fourth-order valence-corrected chi connectivity index (χ4v) is 2.44. The molecule has 136 valence electrons. The summed E-state index contributed by atoms with van der Waals surface area (Å²) in [7, 11) is 4.79. The molecule has 0 saturated heterocycles. The van der Waals surface area contributed by atoms with E-state index in [-0.39, 0.29) is 5.75 Å². The highest BCUT2D eigenvalue weighted by molar-refractivity contribution is 5.79. The summed E-state index contributed by atoms with van der Waals surface area (Å²) in [5, 5.41) is 16.6. The molecule has 6 nitrogen and oxygen atoms in total. The van der Waals surface area contributed by atoms with Crippen LogP contribution < -0.4 is 20.1 Å². The molecule has 0 amide bonds. The fraction of sp³-hybridized carbons (Fsp3) is 0.611. The molecule has 1 aromatic rings. The van der Waals surface area contributed by atoms with E-state index in [1.807, 2.05) is 0 Å². The normalized spacial score (nSPS) is 12.6. The molecular weight excluding hydrogens is 306 g/mol. The molecule has 1 atom stereocenters. The molecule has 0 heterocycles. The fourth-order valence-electron chi connectivity index (χ4n) is 2.44. The number of phenols is 1. The van der Waals surface area contributed by atoms with Crippen molar-refractivity contribution in [2.45, 2.75) is 52.1 Å². The Morgan fingerprint density at radius 3 is 2.33 bits per heavy atom. The molecular formula is C18H31N3O3. The van der Waals surface area contributed by atoms with E-state index < -0.39 is 0 Å². The van der Waals surface area contributed by atoms with Crippen LogP contribution in [0.3, 0.4) is 0 Å². The van der Waals surface area contributed by atoms with E-state index >= 15 is 0 Å². The zero-order chi connectivity index (χ0) is 17.9. The molecule has 0 saturated carbocycles. The van der Waals surface area contributed by atoms with E-state index in [0.29, 0.717) is 24.1 Å². The third-order valence-corrected chi connectivity index (χ3v) is 3.85. The quantitative estimate of drug-likeness (QED) is 0.367. The number of benzene rings is 1. The van der Waals surface area contributed by atoms with Crippen molar-refractivity contribution in [2.24, 2.45) is 4.99 Å². The molecule has 0 radical (unpaired) electrons. The summed E-state index contributed by atoms with van der Waals surface area (Å²) < 4.78 is 10.4. The van der Waals surface area contributed by atoms with Crippen LogP contribution in [0.25, 0.3) is 0 Å². The highest BCUT2D eigenvalue weighted by atomic mass is 16.5. The lowest BCUT2D eigenvalue weighted by atomic mass is 10.1. The molecule has 1 rings (SSSR count). The summed E-state index contributed by atoms with van der Waals surface area (Å²) in [5.41, 5.74) is 0.933. The third-order valence-electron chi connectivity index (χ3n) is 3.85. The van der Waals surface area contributed by atoms with E-state index in [1.165, 1.54) is 33.5 Å². The van der Waals surface area contributed by atoms with Crippen LogP contribution in [0.2, 0.25) is 0 Å². The van der Waals surface area contributed by atoms with Crippen LogP contribution in [0.1, 0.15) is 45.1 Å². The van der Waals surface area contributed by atoms with E-state index in [9.17, 15) is 5.11 Å². The number of aliphatic imine (C=N–C) groups is 1. The average Bonchev–Trinajstić information content (AvgIpc) is 2.59. The lowest BCUT2D eigenvalue weighted by molar-refractivity contribution is 0.339. The summed E-state index contributed by atoms with van der Waals surface area (Å²) in [6.45, 7) is 4.92. The molecule has 0 aliphatic rings. The second-order valence-electron chi connectivity index (χ2n) is 5.82. The minimum absolute atomic E-state index is 0.0100. The number of phenolic OH excluding ortho intramolecular Hbond substituents is 1. The summed E-state index contributed by atoms with van der Waals surface area (Å²) in [5.74, 6) is 1.55. The highest BCUT2D eigenvalue weighted by Crippen LogP contribution is 2.36. The van der Waals surface area contributed by atoms with Crippen LogP contribution in [0.5, 0.6) is 17.2 Å². The van der Waals surface area contributed by atoms with Crippen molar-refractivity contribution < 1.29 is 14.6 Å². The van der Waals surface area contributed by atoms with Crippen molar-refractivity contribution in [1.29, 1.82) is 0 Å². The molecule has 1 aromatic carbocycles. The molecule has 0 fully saturated rings. The van der Waals surface area contributed by atoms with Crippen molar-refractivity contribution in [1.82, 2.24) is 10.6 Å². The van der Waals surface area contributed by atoms with Gasteiger partial charge in [0.25, 0.3) is 0 Å². The maximum absolute atomic E-state index is 9.95. The van der Waals surface area contributed by atoms with Gasteiger partial charge >= 0.3 is 0 Å². The third kappa shape index (κ3) is 6.18. The van der Waals surface area contributed by atoms with Crippen molar-refractivity contribution in [3.05, 3.63) is 17.7 Å². The van der Waals surface area contributed by atoms with Crippen molar-refractivity contribution >= 4 is 5.96 Å². The van der Waals surface area contributed by atoms with Gasteiger partial charge in [0, 0.05) is 19.6 Å². The number of aromatic hydroxyl groups is 1. The lowest BCUT2D eigenvalue weighted by Crippen LogP contribution is -2.41. The van der Waals surface area contributed by atoms with Gasteiger partial charge in [0.05, 0.1) is 14.2 Å². The van der Waals surface area contributed by atoms with Gasteiger partial charge in [-0.25, -0.2) is 0 Å². The first-order chi connectivity index (χ1) is 11.5. The number of hydrogen-bond donors (Lipinski definition) is 3. The number of nitrogens with zero attached hydrogens (tertiary/aromatic N) is 1. The Kier molecular flexibility index (Phi) is 8.83. The van der Waals surface area contributed by atoms with Crippen molar-refractivity contribution in [3.8, 4) is 17.2 Å². The molecule has 3 N–H and O–H groups in total. The summed E-state index contributed by atoms with van der Waals surface area (Å²) in [4.78, 5) is 4.26. The maximum Gasteiger partial charge on any atom is 0.200 e. The van der Waals surface area contributed by atoms with E-state index in [1.54, 1.807) is 19.2 Å². The summed E-state index contributed by atoms with van der Waals surface area (Å²) in [6.07, 6.45) is 4.82. The molecule has 0 aliphatic carbocycles. The molecule has 0 aliphatic heterocycles. The van der Waals surface area contributed by atoms with Gasteiger partial charge in [-0.1, -0.05) is 26.2 Å². The Morgan fingerprint density at radius 1 is 1.21 bits per heavy atom. The van der Waals surface area contributed by atoms with Gasteiger partial charge in [0.15, 0.2) is 17.5 Å². The molecule has 1 unspecified atom stereocenters. The zero-order valence-electron chi connectivity index (χ0n) is 15.5. The van der Waals surface area contributed by atoms with Gasteiger partial charge in [-0.3, -0.25) is 4.99 Å². The Morgan fingerprint density at radius 2 is 1.83 bits per heavy atom. The molecule has 0 spiro atoms. The average molecular weight is 337 g/mol. The van der Waals surface area contributed by atoms with Gasteiger partial charge in [-0.05, 0) is 31.0 Å². The SMILES string of the molecule is CCCCCC(C)NC(=NC)NCc1cc(OC)c(O)c(OC)c1. The topological polar surface area (TPSA) is 75.1 Å². The van der Waals surface area contributed by atoms with Crippen molar-refractivity contribution in [3.63, 3.8) is 0 Å². The number of unbranched alkanes of at least 4 members (excludes halogenated alkanes) is 2. The Labute approximate surface area is 145 Å². The number of rotatable bonds is 9. The summed E-state index contributed by atoms with van der Waals surface area (Å²) >= 11 is 0. The predicted octanol–water partition coefficient (Wildman–Crippen LogP) is 3.04. The monoisotopic (exact) mass is 337 g/mol. The number of methoxy groups -OCH3 is 2. The number of guanidine groups is 1. The number of ether oxygens (including phenoxy) is 2. The minimum Gasteiger partial charge on any atom is -0.502 e. The standard InChI is InChI=1S/C18H31N3O3/c1-6-7-8-9-13(2)21-18(19-3)20-12-14-10-15(23-4)17(22)16(11-14)24-5/h10-11,13,22H,6-9,12H2,1-5H3,(H2,19,20,21). The largest absolute Gasteiger partial charge is 0.502 e. The second kappa shape index (κ2) is 10.6. The molecule has 0 bridgehead atoms. The molecule has 0 aromatic heterocycles. The lowest BCUT2D eigenvalue weighted by Gasteiger charge is -2.18. The Balaban J connectivity index is 2.63. The predicted molar refractivity (Wildman–Crippen MR) is 98.1 cm³/mol. The first-order valence-electron chi connectivity index (χ1n) is 8.46. The Hall–Kier alpha value is -2.11. The van der Waals surface area contributed by atoms with Gasteiger partial charge < -0.3 is 25.2 Å². The Bertz CT molecular complexity index is 507. The molecule has 6 heteroatoms. The van der Waals surface area contributed by atoms with E-state index in [2.05, 4.69) is 29.5 Å². The second-order valence-corrected chi connectivity index (χ2v) is 5.82. The van der Waals surface area contributed by atoms with E-state index in [4.69, 9.17) is 9.47 Å². The first kappa shape index (κ1) is 19.9. The van der Waals surface area contributed by atoms with Crippen LogP contribution in [0.4, 0.5) is 0 Å². The van der Waals surface area contributed by atoms with Gasteiger partial charge in [-0.2, -0.15) is 0 Å². The minimum atomic E-state index is 0.0100. The maximum atomic E-state index is 9.95. The smallest absolute Gasteiger partial charge is 0.200 e. The van der Waals surface area contributed by atoms with Crippen LogP contribution in [-0.4, -0.2) is 38.4 Å². The van der Waals surface area contributed by atoms with Gasteiger partial charge in [0.2, 0.25) is 5.75 Å². The summed E-state index contributed by atoms with van der Waals surface area (Å²) in [6, 6.07) is 3.93. The number of hydrogen-bond acceptors (Lipinski definition) is 4. The van der Waals surface area contributed by atoms with Gasteiger partial charge in [0.1, 0.15) is 0 Å². The van der Waals surface area contributed by atoms with Crippen LogP contribution >= 0.6 is 0 Å². The van der Waals surface area contributed by atoms with E-state index in [0.717, 1.165) is 17.9 Å². The van der Waals surface area contributed by atoms with Gasteiger partial charge in [-0.15, -0.1) is 0 Å². The zero-order valence-corrected chi connectivity index (χ0v) is 15.5. The number of nitrogens with one attached hydrogen (secondary N) is 2.